The average Bonchev–Trinajstić information content (AvgIpc) is 2.42. The number of benzene rings is 2. The van der Waals surface area contributed by atoms with Crippen molar-refractivity contribution in [2.45, 2.75) is 5.75 Å². The van der Waals surface area contributed by atoms with Crippen LogP contribution in [-0.2, 0) is 21.3 Å². The molecule has 2 aromatic rings. The third kappa shape index (κ3) is 5.00. The van der Waals surface area contributed by atoms with Gasteiger partial charge in [0.1, 0.15) is 23.1 Å². The fourth-order valence-corrected chi connectivity index (χ4v) is 2.67. The predicted molar refractivity (Wildman–Crippen MR) is 78.8 cm³/mol. The van der Waals surface area contributed by atoms with E-state index in [1.165, 1.54) is 24.3 Å². The first-order valence-electron chi connectivity index (χ1n) is 6.18. The van der Waals surface area contributed by atoms with Crippen molar-refractivity contribution < 1.29 is 18.1 Å². The summed E-state index contributed by atoms with van der Waals surface area (Å²) in [6.45, 7) is 0. The number of halogens is 1. The summed E-state index contributed by atoms with van der Waals surface area (Å²) in [5, 5.41) is 0. The van der Waals surface area contributed by atoms with E-state index in [0.29, 0.717) is 11.5 Å². The van der Waals surface area contributed by atoms with Crippen molar-refractivity contribution in [3.8, 4) is 11.5 Å². The first-order chi connectivity index (χ1) is 10.0. The number of ether oxygens (including phenoxy) is 1. The molecule has 2 N–H and O–H groups in total. The number of hydrogen-bond donors (Lipinski definition) is 1. The average molecular weight is 307 g/mol. The van der Waals surface area contributed by atoms with Gasteiger partial charge in [0.2, 0.25) is 5.91 Å². The summed E-state index contributed by atoms with van der Waals surface area (Å²) in [5.74, 6) is 0.333. The van der Waals surface area contributed by atoms with Crippen LogP contribution in [0.3, 0.4) is 0 Å². The zero-order chi connectivity index (χ0) is 15.2. The maximum atomic E-state index is 12.8. The molecule has 4 nitrogen and oxygen atoms in total. The summed E-state index contributed by atoms with van der Waals surface area (Å²) in [5.41, 5.74) is 5.81. The fraction of sp³-hybridized carbons (Fsp3) is 0.133. The van der Waals surface area contributed by atoms with Crippen molar-refractivity contribution in [2.75, 3.05) is 5.75 Å². The van der Waals surface area contributed by atoms with Crippen molar-refractivity contribution in [3.63, 3.8) is 0 Å². The third-order valence-electron chi connectivity index (χ3n) is 2.60. The van der Waals surface area contributed by atoms with Gasteiger partial charge in [-0.05, 0) is 42.0 Å². The summed E-state index contributed by atoms with van der Waals surface area (Å²) >= 11 is 0. The van der Waals surface area contributed by atoms with Gasteiger partial charge in [-0.3, -0.25) is 9.00 Å². The first kappa shape index (κ1) is 15.2. The lowest BCUT2D eigenvalue weighted by atomic mass is 10.2. The molecule has 2 rings (SSSR count). The van der Waals surface area contributed by atoms with Gasteiger partial charge >= 0.3 is 0 Å². The molecule has 1 amide bonds. The van der Waals surface area contributed by atoms with Crippen LogP contribution in [0.5, 0.6) is 11.5 Å². The summed E-state index contributed by atoms with van der Waals surface area (Å²) < 4.78 is 29.9. The fourth-order valence-electron chi connectivity index (χ4n) is 1.69. The Labute approximate surface area is 124 Å². The number of carbonyl (C=O) groups is 1. The molecule has 0 spiro atoms. The second-order valence-corrected chi connectivity index (χ2v) is 5.85. The highest BCUT2D eigenvalue weighted by atomic mass is 32.2. The highest BCUT2D eigenvalue weighted by Gasteiger charge is 2.06. The number of nitrogens with two attached hydrogens (primary N) is 1. The SMILES string of the molecule is NC(=O)C[S@](=O)Cc1ccc(Oc2ccc(F)cc2)cc1. The highest BCUT2D eigenvalue weighted by molar-refractivity contribution is 7.84. The summed E-state index contributed by atoms with van der Waals surface area (Å²) in [7, 11) is -1.31. The van der Waals surface area contributed by atoms with Gasteiger partial charge in [0.15, 0.2) is 0 Å². The van der Waals surface area contributed by atoms with Crippen molar-refractivity contribution >= 4 is 16.7 Å². The van der Waals surface area contributed by atoms with Crippen LogP contribution in [0.1, 0.15) is 5.56 Å². The molecular formula is C15H14FNO3S. The molecule has 0 aromatic heterocycles. The van der Waals surface area contributed by atoms with E-state index in [1.807, 2.05) is 0 Å². The largest absolute Gasteiger partial charge is 0.457 e. The molecule has 0 radical (unpaired) electrons. The second-order valence-electron chi connectivity index (χ2n) is 4.39. The highest BCUT2D eigenvalue weighted by Crippen LogP contribution is 2.22. The molecule has 0 heterocycles. The molecule has 0 aliphatic rings. The van der Waals surface area contributed by atoms with Crippen LogP contribution in [0.25, 0.3) is 0 Å². The summed E-state index contributed by atoms with van der Waals surface area (Å²) in [6.07, 6.45) is 0. The molecule has 2 aromatic carbocycles. The van der Waals surface area contributed by atoms with Gasteiger partial charge in [-0.1, -0.05) is 12.1 Å². The lowest BCUT2D eigenvalue weighted by Gasteiger charge is -2.06. The molecule has 6 heteroatoms. The molecular weight excluding hydrogens is 293 g/mol. The van der Waals surface area contributed by atoms with Gasteiger partial charge in [0.25, 0.3) is 0 Å². The van der Waals surface area contributed by atoms with E-state index in [9.17, 15) is 13.4 Å². The molecule has 0 aliphatic carbocycles. The Morgan fingerprint density at radius 1 is 1.05 bits per heavy atom. The van der Waals surface area contributed by atoms with Crippen molar-refractivity contribution in [2.24, 2.45) is 5.73 Å². The van der Waals surface area contributed by atoms with Crippen LogP contribution in [-0.4, -0.2) is 15.9 Å². The summed E-state index contributed by atoms with van der Waals surface area (Å²) in [6, 6.07) is 12.7. The van der Waals surface area contributed by atoms with Gasteiger partial charge in [0, 0.05) is 16.6 Å². The Kier molecular flexibility index (Phi) is 5.05. The van der Waals surface area contributed by atoms with E-state index < -0.39 is 16.7 Å². The molecule has 0 saturated heterocycles. The van der Waals surface area contributed by atoms with Crippen LogP contribution >= 0.6 is 0 Å². The molecule has 0 unspecified atom stereocenters. The molecule has 1 atom stereocenters. The lowest BCUT2D eigenvalue weighted by Crippen LogP contribution is -2.20. The molecule has 0 saturated carbocycles. The Bertz CT molecular complexity index is 641. The smallest absolute Gasteiger partial charge is 0.230 e. The number of primary amides is 1. The number of amides is 1. The third-order valence-corrected chi connectivity index (χ3v) is 3.87. The quantitative estimate of drug-likeness (QED) is 0.890. The first-order valence-corrected chi connectivity index (χ1v) is 7.67. The van der Waals surface area contributed by atoms with E-state index in [-0.39, 0.29) is 17.3 Å². The van der Waals surface area contributed by atoms with Crippen LogP contribution in [0.15, 0.2) is 48.5 Å². The number of rotatable bonds is 6. The van der Waals surface area contributed by atoms with Crippen LogP contribution in [0, 0.1) is 5.82 Å². The number of carbonyl (C=O) groups excluding carboxylic acids is 1. The number of hydrogen-bond acceptors (Lipinski definition) is 3. The standard InChI is InChI=1S/C15H14FNO3S/c16-12-3-7-14(8-4-12)20-13-5-1-11(2-6-13)9-21(19)10-15(17)18/h1-8H,9-10H2,(H2,17,18)/t21-/m1/s1. The molecule has 21 heavy (non-hydrogen) atoms. The van der Waals surface area contributed by atoms with E-state index >= 15 is 0 Å². The molecule has 110 valence electrons. The summed E-state index contributed by atoms with van der Waals surface area (Å²) in [4.78, 5) is 10.7. The molecule has 0 fully saturated rings. The lowest BCUT2D eigenvalue weighted by molar-refractivity contribution is -0.115. The van der Waals surface area contributed by atoms with Crippen LogP contribution < -0.4 is 10.5 Å². The monoisotopic (exact) mass is 307 g/mol. The molecule has 0 bridgehead atoms. The minimum atomic E-state index is -1.31. The Balaban J connectivity index is 1.97. The van der Waals surface area contributed by atoms with Gasteiger partial charge < -0.3 is 10.5 Å². The van der Waals surface area contributed by atoms with E-state index in [4.69, 9.17) is 10.5 Å². The van der Waals surface area contributed by atoms with Gasteiger partial charge in [-0.2, -0.15) is 0 Å². The van der Waals surface area contributed by atoms with E-state index in [0.717, 1.165) is 5.56 Å². The minimum Gasteiger partial charge on any atom is -0.457 e. The predicted octanol–water partition coefficient (Wildman–Crippen LogP) is 2.35. The van der Waals surface area contributed by atoms with Crippen LogP contribution in [0.2, 0.25) is 0 Å². The van der Waals surface area contributed by atoms with E-state index in [1.54, 1.807) is 24.3 Å². The Hall–Kier alpha value is -2.21. The molecule has 0 aliphatic heterocycles. The second kappa shape index (κ2) is 6.99. The van der Waals surface area contributed by atoms with Crippen molar-refractivity contribution in [1.82, 2.24) is 0 Å². The van der Waals surface area contributed by atoms with Gasteiger partial charge in [-0.15, -0.1) is 0 Å². The van der Waals surface area contributed by atoms with Crippen LogP contribution in [0.4, 0.5) is 4.39 Å². The van der Waals surface area contributed by atoms with Gasteiger partial charge in [0.05, 0.1) is 0 Å². The van der Waals surface area contributed by atoms with Crippen molar-refractivity contribution in [3.05, 3.63) is 59.9 Å². The zero-order valence-electron chi connectivity index (χ0n) is 11.1. The topological polar surface area (TPSA) is 69.4 Å². The Morgan fingerprint density at radius 3 is 2.10 bits per heavy atom. The maximum absolute atomic E-state index is 12.8. The maximum Gasteiger partial charge on any atom is 0.230 e. The van der Waals surface area contributed by atoms with E-state index in [2.05, 4.69) is 0 Å². The minimum absolute atomic E-state index is 0.145. The Morgan fingerprint density at radius 2 is 1.57 bits per heavy atom. The zero-order valence-corrected chi connectivity index (χ0v) is 11.9. The normalized spacial score (nSPS) is 11.9. The van der Waals surface area contributed by atoms with Crippen molar-refractivity contribution in [1.29, 1.82) is 0 Å². The van der Waals surface area contributed by atoms with Gasteiger partial charge in [-0.25, -0.2) is 4.39 Å².